The molecule has 1 aromatic carbocycles. The molecule has 23 heavy (non-hydrogen) atoms. The molecule has 6 nitrogen and oxygen atoms in total. The maximum atomic E-state index is 12.5. The minimum atomic E-state index is -0.612. The van der Waals surface area contributed by atoms with Crippen LogP contribution in [0.3, 0.4) is 0 Å². The first kappa shape index (κ1) is 17.1. The molecule has 0 aliphatic carbocycles. The van der Waals surface area contributed by atoms with Gasteiger partial charge in [0.1, 0.15) is 11.7 Å². The molecule has 1 atom stereocenters. The number of rotatable bonds is 6. The lowest BCUT2D eigenvalue weighted by molar-refractivity contribution is -0.122. The third-order valence-corrected chi connectivity index (χ3v) is 3.90. The van der Waals surface area contributed by atoms with Crippen LogP contribution >= 0.6 is 11.8 Å². The van der Waals surface area contributed by atoms with Crippen molar-refractivity contribution in [1.82, 2.24) is 20.2 Å². The van der Waals surface area contributed by atoms with Gasteiger partial charge >= 0.3 is 0 Å². The SMILES string of the molecule is CCNC(=O)[C@H](C)NC(=O)c1cnc(SC)n1-c1ccccc1. The van der Waals surface area contributed by atoms with Crippen LogP contribution in [0.1, 0.15) is 24.3 Å². The summed E-state index contributed by atoms with van der Waals surface area (Å²) >= 11 is 1.45. The average molecular weight is 332 g/mol. The number of carbonyl (C=O) groups is 2. The van der Waals surface area contributed by atoms with E-state index in [0.29, 0.717) is 17.4 Å². The highest BCUT2D eigenvalue weighted by Gasteiger charge is 2.21. The molecule has 0 saturated carbocycles. The summed E-state index contributed by atoms with van der Waals surface area (Å²) in [5, 5.41) is 6.11. The summed E-state index contributed by atoms with van der Waals surface area (Å²) in [5.41, 5.74) is 1.25. The summed E-state index contributed by atoms with van der Waals surface area (Å²) in [6.07, 6.45) is 3.43. The van der Waals surface area contributed by atoms with E-state index in [9.17, 15) is 9.59 Å². The molecule has 0 spiro atoms. The van der Waals surface area contributed by atoms with Crippen LogP contribution in [0.4, 0.5) is 0 Å². The topological polar surface area (TPSA) is 76.0 Å². The van der Waals surface area contributed by atoms with Crippen LogP contribution in [0, 0.1) is 0 Å². The molecule has 0 aliphatic rings. The number of carbonyl (C=O) groups excluding carboxylic acids is 2. The van der Waals surface area contributed by atoms with Crippen LogP contribution in [-0.2, 0) is 4.79 Å². The number of imidazole rings is 1. The van der Waals surface area contributed by atoms with Gasteiger partial charge in [0.25, 0.3) is 5.91 Å². The van der Waals surface area contributed by atoms with Gasteiger partial charge in [0.2, 0.25) is 5.91 Å². The molecule has 2 N–H and O–H groups in total. The number of amides is 2. The second-order valence-corrected chi connectivity index (χ2v) is 5.66. The first-order chi connectivity index (χ1) is 11.1. The van der Waals surface area contributed by atoms with E-state index in [1.165, 1.54) is 18.0 Å². The average Bonchev–Trinajstić information content (AvgIpc) is 2.99. The highest BCUT2D eigenvalue weighted by atomic mass is 32.2. The molecule has 0 unspecified atom stereocenters. The van der Waals surface area contributed by atoms with Crippen LogP contribution in [-0.4, -0.2) is 40.2 Å². The van der Waals surface area contributed by atoms with Crippen LogP contribution in [0.15, 0.2) is 41.7 Å². The van der Waals surface area contributed by atoms with Crippen molar-refractivity contribution in [3.05, 3.63) is 42.2 Å². The van der Waals surface area contributed by atoms with E-state index >= 15 is 0 Å². The quantitative estimate of drug-likeness (QED) is 0.792. The fraction of sp³-hybridized carbons (Fsp3) is 0.312. The molecule has 0 bridgehead atoms. The zero-order chi connectivity index (χ0) is 16.8. The minimum absolute atomic E-state index is 0.211. The number of thioether (sulfide) groups is 1. The number of hydrogen-bond acceptors (Lipinski definition) is 4. The molecule has 2 rings (SSSR count). The summed E-state index contributed by atoms with van der Waals surface area (Å²) < 4.78 is 1.78. The van der Waals surface area contributed by atoms with Crippen molar-refractivity contribution >= 4 is 23.6 Å². The monoisotopic (exact) mass is 332 g/mol. The predicted octanol–water partition coefficient (Wildman–Crippen LogP) is 1.85. The third-order valence-electron chi connectivity index (χ3n) is 3.25. The van der Waals surface area contributed by atoms with Crippen LogP contribution in [0.5, 0.6) is 0 Å². The van der Waals surface area contributed by atoms with E-state index in [-0.39, 0.29) is 11.8 Å². The molecule has 2 aromatic rings. The van der Waals surface area contributed by atoms with Gasteiger partial charge in [-0.25, -0.2) is 4.98 Å². The Morgan fingerprint density at radius 1 is 1.30 bits per heavy atom. The van der Waals surface area contributed by atoms with Crippen molar-refractivity contribution in [3.63, 3.8) is 0 Å². The maximum absolute atomic E-state index is 12.5. The molecular formula is C16H20N4O2S. The van der Waals surface area contributed by atoms with Crippen LogP contribution < -0.4 is 10.6 Å². The Labute approximate surface area is 139 Å². The van der Waals surface area contributed by atoms with Crippen molar-refractivity contribution in [2.45, 2.75) is 25.0 Å². The summed E-state index contributed by atoms with van der Waals surface area (Å²) in [5.74, 6) is -0.544. The Bertz CT molecular complexity index is 685. The van der Waals surface area contributed by atoms with Crippen molar-refractivity contribution in [2.24, 2.45) is 0 Å². The molecule has 7 heteroatoms. The smallest absolute Gasteiger partial charge is 0.270 e. The summed E-state index contributed by atoms with van der Waals surface area (Å²) in [4.78, 5) is 28.6. The number of nitrogens with one attached hydrogen (secondary N) is 2. The Hall–Kier alpha value is -2.28. The van der Waals surface area contributed by atoms with E-state index in [0.717, 1.165) is 5.69 Å². The highest BCUT2D eigenvalue weighted by Crippen LogP contribution is 2.21. The van der Waals surface area contributed by atoms with Crippen molar-refractivity contribution < 1.29 is 9.59 Å². The molecular weight excluding hydrogens is 312 g/mol. The lowest BCUT2D eigenvalue weighted by Gasteiger charge is -2.15. The molecule has 0 saturated heterocycles. The molecule has 1 heterocycles. The number of nitrogens with zero attached hydrogens (tertiary/aromatic N) is 2. The molecule has 0 aliphatic heterocycles. The Morgan fingerprint density at radius 2 is 2.00 bits per heavy atom. The Kier molecular flexibility index (Phi) is 5.81. The van der Waals surface area contributed by atoms with E-state index in [1.54, 1.807) is 11.5 Å². The lowest BCUT2D eigenvalue weighted by Crippen LogP contribution is -2.45. The number of para-hydroxylation sites is 1. The highest BCUT2D eigenvalue weighted by molar-refractivity contribution is 7.98. The third kappa shape index (κ3) is 3.92. The summed E-state index contributed by atoms with van der Waals surface area (Å²) in [7, 11) is 0. The number of benzene rings is 1. The molecule has 0 radical (unpaired) electrons. The molecule has 122 valence electrons. The number of likely N-dealkylation sites (N-methyl/N-ethyl adjacent to an activating group) is 1. The van der Waals surface area contributed by atoms with Gasteiger partial charge in [-0.3, -0.25) is 14.2 Å². The van der Waals surface area contributed by atoms with Crippen molar-refractivity contribution in [1.29, 1.82) is 0 Å². The minimum Gasteiger partial charge on any atom is -0.355 e. The first-order valence-electron chi connectivity index (χ1n) is 7.34. The van der Waals surface area contributed by atoms with Gasteiger partial charge in [-0.1, -0.05) is 30.0 Å². The molecule has 1 aromatic heterocycles. The van der Waals surface area contributed by atoms with Crippen molar-refractivity contribution in [2.75, 3.05) is 12.8 Å². The predicted molar refractivity (Wildman–Crippen MR) is 91.0 cm³/mol. The first-order valence-corrected chi connectivity index (χ1v) is 8.56. The van der Waals surface area contributed by atoms with Gasteiger partial charge in [0.05, 0.1) is 6.20 Å². The number of aromatic nitrogens is 2. The summed E-state index contributed by atoms with van der Waals surface area (Å²) in [6.45, 7) is 4.01. The zero-order valence-corrected chi connectivity index (χ0v) is 14.2. The molecule has 0 fully saturated rings. The fourth-order valence-electron chi connectivity index (χ4n) is 2.13. The van der Waals surface area contributed by atoms with Gasteiger partial charge in [-0.05, 0) is 32.2 Å². The second kappa shape index (κ2) is 7.82. The normalized spacial score (nSPS) is 11.8. The molecule has 2 amide bonds. The second-order valence-electron chi connectivity index (χ2n) is 4.89. The number of hydrogen-bond donors (Lipinski definition) is 2. The Morgan fingerprint density at radius 3 is 2.61 bits per heavy atom. The van der Waals surface area contributed by atoms with Crippen molar-refractivity contribution in [3.8, 4) is 5.69 Å². The maximum Gasteiger partial charge on any atom is 0.270 e. The largest absolute Gasteiger partial charge is 0.355 e. The fourth-order valence-corrected chi connectivity index (χ4v) is 2.67. The standard InChI is InChI=1S/C16H20N4O2S/c1-4-17-14(21)11(2)19-15(22)13-10-18-16(23-3)20(13)12-8-6-5-7-9-12/h5-11H,4H2,1-3H3,(H,17,21)(H,19,22)/t11-/m0/s1. The van der Waals surface area contributed by atoms with Crippen LogP contribution in [0.2, 0.25) is 0 Å². The zero-order valence-electron chi connectivity index (χ0n) is 13.4. The van der Waals surface area contributed by atoms with E-state index in [2.05, 4.69) is 15.6 Å². The summed E-state index contributed by atoms with van der Waals surface area (Å²) in [6, 6.07) is 8.92. The Balaban J connectivity index is 2.28. The van der Waals surface area contributed by atoms with E-state index < -0.39 is 6.04 Å². The van der Waals surface area contributed by atoms with Gasteiger partial charge in [0.15, 0.2) is 5.16 Å². The van der Waals surface area contributed by atoms with Crippen LogP contribution in [0.25, 0.3) is 5.69 Å². The van der Waals surface area contributed by atoms with Gasteiger partial charge in [-0.2, -0.15) is 0 Å². The van der Waals surface area contributed by atoms with Gasteiger partial charge in [0, 0.05) is 12.2 Å². The van der Waals surface area contributed by atoms with E-state index in [1.807, 2.05) is 43.5 Å². The van der Waals surface area contributed by atoms with Gasteiger partial charge in [-0.15, -0.1) is 0 Å². The lowest BCUT2D eigenvalue weighted by atomic mass is 10.2. The van der Waals surface area contributed by atoms with E-state index in [4.69, 9.17) is 0 Å². The van der Waals surface area contributed by atoms with Gasteiger partial charge < -0.3 is 10.6 Å².